The highest BCUT2D eigenvalue weighted by molar-refractivity contribution is 9.10. The predicted molar refractivity (Wildman–Crippen MR) is 62.4 cm³/mol. The van der Waals surface area contributed by atoms with Gasteiger partial charge in [0.1, 0.15) is 0 Å². The number of nitrogens with zero attached hydrogens (tertiary/aromatic N) is 3. The van der Waals surface area contributed by atoms with Crippen molar-refractivity contribution in [1.29, 1.82) is 0 Å². The Morgan fingerprint density at radius 3 is 2.87 bits per heavy atom. The van der Waals surface area contributed by atoms with E-state index in [0.29, 0.717) is 11.3 Å². The standard InChI is InChI=1S/C10H11BrN4/c1-7-3-2-4-8(5-7)6-15-9(11)13-10(12)14-15/h2-5H,6H2,1H3,(H2,12,14). The van der Waals surface area contributed by atoms with Crippen molar-refractivity contribution in [3.63, 3.8) is 0 Å². The van der Waals surface area contributed by atoms with Crippen LogP contribution in [0.5, 0.6) is 0 Å². The minimum Gasteiger partial charge on any atom is -0.366 e. The van der Waals surface area contributed by atoms with E-state index in [1.807, 2.05) is 6.07 Å². The third-order valence-corrected chi connectivity index (χ3v) is 2.64. The van der Waals surface area contributed by atoms with Crippen LogP contribution >= 0.6 is 15.9 Å². The van der Waals surface area contributed by atoms with Gasteiger partial charge in [-0.2, -0.15) is 4.98 Å². The first-order valence-corrected chi connectivity index (χ1v) is 5.36. The minimum atomic E-state index is 0.287. The number of hydrogen-bond donors (Lipinski definition) is 1. The molecular formula is C10H11BrN4. The summed E-state index contributed by atoms with van der Waals surface area (Å²) in [6.07, 6.45) is 0. The lowest BCUT2D eigenvalue weighted by molar-refractivity contribution is 0.670. The topological polar surface area (TPSA) is 56.7 Å². The van der Waals surface area contributed by atoms with E-state index in [2.05, 4.69) is 51.1 Å². The van der Waals surface area contributed by atoms with E-state index in [1.54, 1.807) is 4.68 Å². The zero-order chi connectivity index (χ0) is 10.8. The second kappa shape index (κ2) is 4.02. The Hall–Kier alpha value is -1.36. The van der Waals surface area contributed by atoms with Crippen LogP contribution < -0.4 is 5.73 Å². The summed E-state index contributed by atoms with van der Waals surface area (Å²) in [4.78, 5) is 3.98. The van der Waals surface area contributed by atoms with Crippen LogP contribution in [0.25, 0.3) is 0 Å². The van der Waals surface area contributed by atoms with Crippen molar-refractivity contribution in [3.8, 4) is 0 Å². The molecule has 0 unspecified atom stereocenters. The van der Waals surface area contributed by atoms with E-state index in [4.69, 9.17) is 5.73 Å². The summed E-state index contributed by atoms with van der Waals surface area (Å²) in [5, 5.41) is 4.07. The van der Waals surface area contributed by atoms with Gasteiger partial charge in [0.2, 0.25) is 5.95 Å². The molecule has 0 saturated carbocycles. The van der Waals surface area contributed by atoms with Gasteiger partial charge in [-0.25, -0.2) is 4.68 Å². The quantitative estimate of drug-likeness (QED) is 0.905. The average Bonchev–Trinajstić information content (AvgIpc) is 2.45. The number of nitrogens with two attached hydrogens (primary N) is 1. The Labute approximate surface area is 96.3 Å². The summed E-state index contributed by atoms with van der Waals surface area (Å²) in [7, 11) is 0. The Kier molecular flexibility index (Phi) is 2.73. The maximum absolute atomic E-state index is 5.49. The molecule has 0 radical (unpaired) electrons. The molecule has 0 saturated heterocycles. The molecule has 0 bridgehead atoms. The van der Waals surface area contributed by atoms with Crippen LogP contribution in [-0.4, -0.2) is 14.8 Å². The van der Waals surface area contributed by atoms with E-state index in [0.717, 1.165) is 0 Å². The molecule has 0 aliphatic heterocycles. The molecule has 2 rings (SSSR count). The lowest BCUT2D eigenvalue weighted by atomic mass is 10.1. The normalized spacial score (nSPS) is 10.5. The fourth-order valence-corrected chi connectivity index (χ4v) is 1.81. The molecule has 1 heterocycles. The van der Waals surface area contributed by atoms with E-state index in [-0.39, 0.29) is 5.95 Å². The van der Waals surface area contributed by atoms with Gasteiger partial charge in [0.15, 0.2) is 4.73 Å². The van der Waals surface area contributed by atoms with Crippen LogP contribution in [0.2, 0.25) is 0 Å². The molecular weight excluding hydrogens is 256 g/mol. The van der Waals surface area contributed by atoms with E-state index in [9.17, 15) is 0 Å². The Bertz CT molecular complexity index is 478. The molecule has 5 heteroatoms. The Balaban J connectivity index is 2.25. The smallest absolute Gasteiger partial charge is 0.240 e. The van der Waals surface area contributed by atoms with Crippen LogP contribution in [0.3, 0.4) is 0 Å². The van der Waals surface area contributed by atoms with Gasteiger partial charge in [-0.05, 0) is 28.4 Å². The van der Waals surface area contributed by atoms with Crippen LogP contribution in [0.15, 0.2) is 29.0 Å². The number of halogens is 1. The van der Waals surface area contributed by atoms with Gasteiger partial charge >= 0.3 is 0 Å². The van der Waals surface area contributed by atoms with Crippen molar-refractivity contribution < 1.29 is 0 Å². The van der Waals surface area contributed by atoms with Gasteiger partial charge in [0.05, 0.1) is 6.54 Å². The van der Waals surface area contributed by atoms with Gasteiger partial charge in [-0.3, -0.25) is 0 Å². The summed E-state index contributed by atoms with van der Waals surface area (Å²) < 4.78 is 2.38. The third kappa shape index (κ3) is 2.36. The fourth-order valence-electron chi connectivity index (χ4n) is 1.42. The molecule has 2 N–H and O–H groups in total. The number of aromatic nitrogens is 3. The van der Waals surface area contributed by atoms with Crippen molar-refractivity contribution in [2.75, 3.05) is 5.73 Å². The molecule has 1 aromatic carbocycles. The number of benzene rings is 1. The summed E-state index contributed by atoms with van der Waals surface area (Å²) >= 11 is 3.30. The number of rotatable bonds is 2. The molecule has 0 aliphatic carbocycles. The third-order valence-electron chi connectivity index (χ3n) is 2.06. The monoisotopic (exact) mass is 266 g/mol. The zero-order valence-electron chi connectivity index (χ0n) is 8.31. The summed E-state index contributed by atoms with van der Waals surface area (Å²) in [5.74, 6) is 0.287. The van der Waals surface area contributed by atoms with Crippen LogP contribution in [0.4, 0.5) is 5.95 Å². The summed E-state index contributed by atoms with van der Waals surface area (Å²) in [6.45, 7) is 2.74. The van der Waals surface area contributed by atoms with Gasteiger partial charge in [-0.1, -0.05) is 29.8 Å². The molecule has 2 aromatic rings. The van der Waals surface area contributed by atoms with Gasteiger partial charge in [0, 0.05) is 0 Å². The van der Waals surface area contributed by atoms with Gasteiger partial charge in [-0.15, -0.1) is 5.10 Å². The first-order chi connectivity index (χ1) is 7.15. The summed E-state index contributed by atoms with van der Waals surface area (Å²) in [6, 6.07) is 8.26. The molecule has 0 fully saturated rings. The van der Waals surface area contributed by atoms with Crippen LogP contribution in [0, 0.1) is 6.92 Å². The highest BCUT2D eigenvalue weighted by Crippen LogP contribution is 2.12. The average molecular weight is 267 g/mol. The molecule has 15 heavy (non-hydrogen) atoms. The SMILES string of the molecule is Cc1cccc(Cn2nc(N)nc2Br)c1. The highest BCUT2D eigenvalue weighted by atomic mass is 79.9. The van der Waals surface area contributed by atoms with Crippen molar-refractivity contribution in [1.82, 2.24) is 14.8 Å². The van der Waals surface area contributed by atoms with E-state index in [1.165, 1.54) is 11.1 Å². The first kappa shape index (κ1) is 10.2. The largest absolute Gasteiger partial charge is 0.366 e. The number of hydrogen-bond acceptors (Lipinski definition) is 3. The second-order valence-corrected chi connectivity index (χ2v) is 4.10. The van der Waals surface area contributed by atoms with Crippen LogP contribution in [-0.2, 0) is 6.54 Å². The lowest BCUT2D eigenvalue weighted by Gasteiger charge is -2.03. The predicted octanol–water partition coefficient (Wildman–Crippen LogP) is 1.98. The first-order valence-electron chi connectivity index (χ1n) is 4.56. The van der Waals surface area contributed by atoms with Crippen molar-refractivity contribution in [2.24, 2.45) is 0 Å². The number of aryl methyl sites for hydroxylation is 1. The van der Waals surface area contributed by atoms with Crippen LogP contribution in [0.1, 0.15) is 11.1 Å². The van der Waals surface area contributed by atoms with E-state index < -0.39 is 0 Å². The molecule has 4 nitrogen and oxygen atoms in total. The van der Waals surface area contributed by atoms with Gasteiger partial charge < -0.3 is 5.73 Å². The molecule has 78 valence electrons. The van der Waals surface area contributed by atoms with Crippen molar-refractivity contribution in [3.05, 3.63) is 40.1 Å². The Morgan fingerprint density at radius 2 is 2.27 bits per heavy atom. The lowest BCUT2D eigenvalue weighted by Crippen LogP contribution is -2.02. The zero-order valence-corrected chi connectivity index (χ0v) is 9.90. The van der Waals surface area contributed by atoms with Crippen molar-refractivity contribution in [2.45, 2.75) is 13.5 Å². The summed E-state index contributed by atoms with van der Waals surface area (Å²) in [5.41, 5.74) is 7.90. The molecule has 0 aliphatic rings. The highest BCUT2D eigenvalue weighted by Gasteiger charge is 2.04. The fraction of sp³-hybridized carbons (Fsp3) is 0.200. The van der Waals surface area contributed by atoms with Crippen molar-refractivity contribution >= 4 is 21.9 Å². The maximum atomic E-state index is 5.49. The number of anilines is 1. The van der Waals surface area contributed by atoms with Gasteiger partial charge in [0.25, 0.3) is 0 Å². The molecule has 1 aromatic heterocycles. The molecule has 0 spiro atoms. The molecule has 0 atom stereocenters. The molecule has 0 amide bonds. The minimum absolute atomic E-state index is 0.287. The Morgan fingerprint density at radius 1 is 1.47 bits per heavy atom. The van der Waals surface area contributed by atoms with E-state index >= 15 is 0 Å². The maximum Gasteiger partial charge on any atom is 0.240 e. The second-order valence-electron chi connectivity index (χ2n) is 3.39. The number of nitrogen functional groups attached to an aromatic ring is 1.